The van der Waals surface area contributed by atoms with Gasteiger partial charge in [0.15, 0.2) is 0 Å². The van der Waals surface area contributed by atoms with E-state index in [1.807, 2.05) is 42.6 Å². The van der Waals surface area contributed by atoms with E-state index < -0.39 is 0 Å². The third-order valence-electron chi connectivity index (χ3n) is 4.40. The van der Waals surface area contributed by atoms with Gasteiger partial charge in [-0.1, -0.05) is 55.5 Å². The monoisotopic (exact) mass is 382 g/mol. The number of carbonyl (C=O) groups is 1. The van der Waals surface area contributed by atoms with Crippen LogP contribution in [-0.4, -0.2) is 23.9 Å². The van der Waals surface area contributed by atoms with Gasteiger partial charge in [-0.05, 0) is 41.3 Å². The smallest absolute Gasteiger partial charge is 0.234 e. The first-order valence-corrected chi connectivity index (χ1v) is 9.88. The third-order valence-corrected chi connectivity index (χ3v) is 5.34. The molecule has 0 aliphatic carbocycles. The molecular weight excluding hydrogens is 359 g/mol. The largest absolute Gasteiger partial charge is 0.343 e. The second-order valence-corrected chi connectivity index (χ2v) is 7.34. The van der Waals surface area contributed by atoms with Crippen molar-refractivity contribution in [1.29, 1.82) is 0 Å². The Morgan fingerprint density at radius 3 is 2.44 bits per heavy atom. The highest BCUT2D eigenvalue weighted by atomic mass is 32.1. The molecule has 27 heavy (non-hydrogen) atoms. The van der Waals surface area contributed by atoms with E-state index >= 15 is 0 Å². The Hall–Kier alpha value is -2.50. The summed E-state index contributed by atoms with van der Waals surface area (Å²) in [4.78, 5) is 15.9. The van der Waals surface area contributed by atoms with Gasteiger partial charge in [0.05, 0.1) is 12.6 Å². The second kappa shape index (κ2) is 9.44. The van der Waals surface area contributed by atoms with Crippen LogP contribution in [0.15, 0.2) is 72.1 Å². The van der Waals surface area contributed by atoms with E-state index in [0.717, 1.165) is 23.5 Å². The minimum Gasteiger partial charge on any atom is -0.343 e. The van der Waals surface area contributed by atoms with Gasteiger partial charge in [-0.3, -0.25) is 9.69 Å². The Kier molecular flexibility index (Phi) is 6.74. The molecule has 1 atom stereocenters. The summed E-state index contributed by atoms with van der Waals surface area (Å²) in [5.41, 5.74) is 2.05. The quantitative estimate of drug-likeness (QED) is 0.617. The predicted octanol–water partition coefficient (Wildman–Crippen LogP) is 4.61. The molecule has 3 rings (SSSR count). The average molecular weight is 383 g/mol. The van der Waals surface area contributed by atoms with Crippen molar-refractivity contribution in [2.75, 3.05) is 13.1 Å². The summed E-state index contributed by atoms with van der Waals surface area (Å²) in [6, 6.07) is 20.1. The molecule has 1 aromatic heterocycles. The first-order valence-electron chi connectivity index (χ1n) is 9.00. The van der Waals surface area contributed by atoms with Crippen LogP contribution in [0.2, 0.25) is 0 Å². The molecule has 140 valence electrons. The molecule has 2 aromatic carbocycles. The van der Waals surface area contributed by atoms with Crippen molar-refractivity contribution >= 4 is 17.2 Å². The van der Waals surface area contributed by atoms with Crippen molar-refractivity contribution < 1.29 is 9.18 Å². The van der Waals surface area contributed by atoms with E-state index in [0.29, 0.717) is 6.54 Å². The number of hydrogen-bond donors (Lipinski definition) is 1. The Bertz CT molecular complexity index is 835. The molecule has 0 aliphatic rings. The lowest BCUT2D eigenvalue weighted by Crippen LogP contribution is -2.38. The van der Waals surface area contributed by atoms with Crippen molar-refractivity contribution in [3.63, 3.8) is 0 Å². The highest BCUT2D eigenvalue weighted by Gasteiger charge is 2.19. The highest BCUT2D eigenvalue weighted by molar-refractivity contribution is 7.10. The Morgan fingerprint density at radius 2 is 1.81 bits per heavy atom. The van der Waals surface area contributed by atoms with Crippen LogP contribution in [0, 0.1) is 5.82 Å². The van der Waals surface area contributed by atoms with Gasteiger partial charge in [0, 0.05) is 11.4 Å². The Balaban J connectivity index is 1.69. The number of likely N-dealkylation sites (N-methyl/N-ethyl adjacent to an activating group) is 1. The zero-order valence-corrected chi connectivity index (χ0v) is 16.1. The molecule has 0 saturated heterocycles. The van der Waals surface area contributed by atoms with Crippen LogP contribution in [0.25, 0.3) is 0 Å². The van der Waals surface area contributed by atoms with Gasteiger partial charge in [0.2, 0.25) is 5.91 Å². The van der Waals surface area contributed by atoms with Gasteiger partial charge < -0.3 is 5.32 Å². The van der Waals surface area contributed by atoms with Crippen LogP contribution in [0.5, 0.6) is 0 Å². The van der Waals surface area contributed by atoms with E-state index in [1.165, 1.54) is 17.7 Å². The lowest BCUT2D eigenvalue weighted by Gasteiger charge is -2.23. The van der Waals surface area contributed by atoms with Gasteiger partial charge in [-0.25, -0.2) is 4.39 Å². The maximum Gasteiger partial charge on any atom is 0.234 e. The molecule has 3 nitrogen and oxygen atoms in total. The number of nitrogens with one attached hydrogen (secondary N) is 1. The summed E-state index contributed by atoms with van der Waals surface area (Å²) in [6.07, 6.45) is 0. The number of nitrogens with zero attached hydrogens (tertiary/aromatic N) is 1. The maximum atomic E-state index is 13.3. The summed E-state index contributed by atoms with van der Waals surface area (Å²) in [7, 11) is 0. The zero-order chi connectivity index (χ0) is 19.1. The average Bonchev–Trinajstić information content (AvgIpc) is 3.22. The minimum atomic E-state index is -0.282. The van der Waals surface area contributed by atoms with E-state index in [9.17, 15) is 9.18 Å². The van der Waals surface area contributed by atoms with Crippen LogP contribution >= 0.6 is 11.3 Å². The molecule has 3 aromatic rings. The molecule has 0 spiro atoms. The molecule has 5 heteroatoms. The lowest BCUT2D eigenvalue weighted by atomic mass is 10.1. The molecule has 0 aliphatic heterocycles. The van der Waals surface area contributed by atoms with Crippen LogP contribution in [0.3, 0.4) is 0 Å². The van der Waals surface area contributed by atoms with Crippen LogP contribution < -0.4 is 5.32 Å². The predicted molar refractivity (Wildman–Crippen MR) is 108 cm³/mol. The number of halogens is 1. The second-order valence-electron chi connectivity index (χ2n) is 6.36. The van der Waals surface area contributed by atoms with Gasteiger partial charge in [0.25, 0.3) is 0 Å². The molecule has 0 saturated carbocycles. The summed E-state index contributed by atoms with van der Waals surface area (Å²) in [5.74, 6) is -0.328. The summed E-state index contributed by atoms with van der Waals surface area (Å²) >= 11 is 1.58. The minimum absolute atomic E-state index is 0.0458. The van der Waals surface area contributed by atoms with Crippen molar-refractivity contribution in [2.24, 2.45) is 0 Å². The van der Waals surface area contributed by atoms with Crippen molar-refractivity contribution in [2.45, 2.75) is 19.5 Å². The highest BCUT2D eigenvalue weighted by Crippen LogP contribution is 2.26. The topological polar surface area (TPSA) is 32.3 Å². The van der Waals surface area contributed by atoms with Gasteiger partial charge in [-0.2, -0.15) is 0 Å². The van der Waals surface area contributed by atoms with Crippen LogP contribution in [0.1, 0.15) is 29.0 Å². The van der Waals surface area contributed by atoms with Crippen LogP contribution in [-0.2, 0) is 11.3 Å². The number of rotatable bonds is 8. The molecule has 0 fully saturated rings. The molecular formula is C22H23FN2OS. The summed E-state index contributed by atoms with van der Waals surface area (Å²) in [5, 5.41) is 5.09. The van der Waals surface area contributed by atoms with Gasteiger partial charge in [0.1, 0.15) is 5.82 Å². The summed E-state index contributed by atoms with van der Waals surface area (Å²) in [6.45, 7) is 3.87. The molecule has 1 heterocycles. The first-order chi connectivity index (χ1) is 13.2. The lowest BCUT2D eigenvalue weighted by molar-refractivity contribution is -0.122. The fourth-order valence-corrected chi connectivity index (χ4v) is 3.76. The molecule has 0 bridgehead atoms. The van der Waals surface area contributed by atoms with Gasteiger partial charge in [-0.15, -0.1) is 11.3 Å². The van der Waals surface area contributed by atoms with E-state index in [-0.39, 0.29) is 17.8 Å². The van der Waals surface area contributed by atoms with E-state index in [4.69, 9.17) is 0 Å². The van der Waals surface area contributed by atoms with Crippen molar-refractivity contribution in [3.8, 4) is 0 Å². The van der Waals surface area contributed by atoms with Crippen molar-refractivity contribution in [1.82, 2.24) is 10.2 Å². The Labute approximate surface area is 163 Å². The molecule has 1 amide bonds. The zero-order valence-electron chi connectivity index (χ0n) is 15.3. The summed E-state index contributed by atoms with van der Waals surface area (Å²) < 4.78 is 13.3. The first kappa shape index (κ1) is 19.3. The van der Waals surface area contributed by atoms with Crippen LogP contribution in [0.4, 0.5) is 4.39 Å². The maximum absolute atomic E-state index is 13.3. The molecule has 1 N–H and O–H groups in total. The van der Waals surface area contributed by atoms with E-state index in [1.54, 1.807) is 23.5 Å². The molecule has 0 radical (unpaired) electrons. The number of amides is 1. The van der Waals surface area contributed by atoms with E-state index in [2.05, 4.69) is 22.3 Å². The fraction of sp³-hybridized carbons (Fsp3) is 0.227. The number of carbonyl (C=O) groups excluding carboxylic acids is 1. The SMILES string of the molecule is CCN(CC(=O)N[C@H](c1ccc(F)cc1)c1cccs1)Cc1ccccc1. The van der Waals surface area contributed by atoms with Crippen molar-refractivity contribution in [3.05, 3.63) is 93.9 Å². The number of hydrogen-bond acceptors (Lipinski definition) is 3. The number of benzene rings is 2. The Morgan fingerprint density at radius 1 is 1.07 bits per heavy atom. The standard InChI is InChI=1S/C22H23FN2OS/c1-2-25(15-17-7-4-3-5-8-17)16-21(26)24-22(20-9-6-14-27-20)18-10-12-19(23)13-11-18/h3-14,22H,2,15-16H2,1H3,(H,24,26)/t22-/m1/s1. The number of thiophene rings is 1. The fourth-order valence-electron chi connectivity index (χ4n) is 2.96. The molecule has 0 unspecified atom stereocenters. The third kappa shape index (κ3) is 5.49. The van der Waals surface area contributed by atoms with Gasteiger partial charge >= 0.3 is 0 Å². The normalized spacial score (nSPS) is 12.1.